The fourth-order valence-electron chi connectivity index (χ4n) is 2.48. The van der Waals surface area contributed by atoms with Crippen LogP contribution in [0.4, 0.5) is 11.4 Å². The lowest BCUT2D eigenvalue weighted by Gasteiger charge is -2.09. The number of hydrogen-bond acceptors (Lipinski definition) is 6. The molecule has 2 rings (SSSR count). The predicted molar refractivity (Wildman–Crippen MR) is 104 cm³/mol. The molecule has 0 aromatic heterocycles. The fraction of sp³-hybridized carbons (Fsp3) is 0.200. The van der Waals surface area contributed by atoms with Crippen molar-refractivity contribution in [2.24, 2.45) is 0 Å². The summed E-state index contributed by atoms with van der Waals surface area (Å²) in [6.45, 7) is 2.01. The minimum atomic E-state index is -0.671. The van der Waals surface area contributed by atoms with Crippen LogP contribution in [0.15, 0.2) is 42.0 Å². The second-order valence-electron chi connectivity index (χ2n) is 5.70. The molecule has 1 amide bonds. The Morgan fingerprint density at radius 2 is 1.82 bits per heavy atom. The number of carbonyl (C=O) groups is 1. The largest absolute Gasteiger partial charge is 0.493 e. The van der Waals surface area contributed by atoms with Crippen LogP contribution >= 0.6 is 0 Å². The van der Waals surface area contributed by atoms with Gasteiger partial charge in [0.1, 0.15) is 11.6 Å². The topological polar surface area (TPSA) is 114 Å². The molecule has 0 unspecified atom stereocenters. The Hall–Kier alpha value is -3.86. The number of ether oxygens (including phenoxy) is 2. The Morgan fingerprint density at radius 3 is 2.32 bits per heavy atom. The van der Waals surface area contributed by atoms with E-state index in [9.17, 15) is 20.2 Å². The molecule has 8 nitrogen and oxygen atoms in total. The summed E-state index contributed by atoms with van der Waals surface area (Å²) in [5.41, 5.74) is 1.08. The number of amides is 1. The molecule has 0 saturated heterocycles. The van der Waals surface area contributed by atoms with Gasteiger partial charge >= 0.3 is 0 Å². The number of nitrogens with one attached hydrogen (secondary N) is 1. The molecule has 0 bridgehead atoms. The normalized spacial score (nSPS) is 10.7. The van der Waals surface area contributed by atoms with Gasteiger partial charge in [0, 0.05) is 5.69 Å². The number of aryl methyl sites for hydroxylation is 1. The molecule has 2 aromatic rings. The molecule has 0 heterocycles. The van der Waals surface area contributed by atoms with E-state index in [-0.39, 0.29) is 28.3 Å². The summed E-state index contributed by atoms with van der Waals surface area (Å²) in [4.78, 5) is 23.2. The first kappa shape index (κ1) is 20.5. The van der Waals surface area contributed by atoms with Crippen molar-refractivity contribution in [2.45, 2.75) is 13.3 Å². The summed E-state index contributed by atoms with van der Waals surface area (Å²) in [6, 6.07) is 11.5. The third-order valence-electron chi connectivity index (χ3n) is 4.01. The fourth-order valence-corrected chi connectivity index (χ4v) is 2.48. The number of rotatable bonds is 7. The summed E-state index contributed by atoms with van der Waals surface area (Å²) in [6.07, 6.45) is 2.01. The number of anilines is 1. The molecule has 2 aromatic carbocycles. The Bertz CT molecular complexity index is 959. The van der Waals surface area contributed by atoms with E-state index in [1.54, 1.807) is 18.2 Å². The van der Waals surface area contributed by atoms with E-state index < -0.39 is 10.8 Å². The third-order valence-corrected chi connectivity index (χ3v) is 4.01. The molecular weight excluding hydrogens is 362 g/mol. The first-order chi connectivity index (χ1) is 13.4. The highest BCUT2D eigenvalue weighted by Crippen LogP contribution is 2.35. The van der Waals surface area contributed by atoms with E-state index in [1.807, 2.05) is 19.1 Å². The smallest absolute Gasteiger partial charge is 0.280 e. The molecule has 0 radical (unpaired) electrons. The zero-order valence-corrected chi connectivity index (χ0v) is 15.7. The maximum atomic E-state index is 12.4. The molecule has 0 aliphatic heterocycles. The van der Waals surface area contributed by atoms with Gasteiger partial charge in [-0.05, 0) is 36.3 Å². The van der Waals surface area contributed by atoms with E-state index in [2.05, 4.69) is 5.32 Å². The Kier molecular flexibility index (Phi) is 6.71. The van der Waals surface area contributed by atoms with Crippen LogP contribution in [-0.4, -0.2) is 25.1 Å². The van der Waals surface area contributed by atoms with Crippen molar-refractivity contribution in [2.75, 3.05) is 19.5 Å². The highest BCUT2D eigenvalue weighted by atomic mass is 16.6. The quantitative estimate of drug-likeness (QED) is 0.338. The molecule has 8 heteroatoms. The molecule has 0 fully saturated rings. The summed E-state index contributed by atoms with van der Waals surface area (Å²) >= 11 is 0. The van der Waals surface area contributed by atoms with Crippen molar-refractivity contribution in [3.05, 3.63) is 63.2 Å². The molecule has 0 spiro atoms. The zero-order chi connectivity index (χ0) is 20.7. The minimum absolute atomic E-state index is 0.0516. The lowest BCUT2D eigenvalue weighted by Crippen LogP contribution is -2.13. The average molecular weight is 381 g/mol. The molecule has 144 valence electrons. The van der Waals surface area contributed by atoms with Crippen LogP contribution in [0, 0.1) is 21.4 Å². The minimum Gasteiger partial charge on any atom is -0.493 e. The number of nitriles is 1. The molecule has 0 saturated carbocycles. The lowest BCUT2D eigenvalue weighted by molar-refractivity contribution is -0.385. The third kappa shape index (κ3) is 4.65. The van der Waals surface area contributed by atoms with Crippen molar-refractivity contribution in [3.8, 4) is 17.6 Å². The van der Waals surface area contributed by atoms with Gasteiger partial charge in [0.25, 0.3) is 11.6 Å². The van der Waals surface area contributed by atoms with Crippen molar-refractivity contribution >= 4 is 23.4 Å². The molecule has 0 aliphatic rings. The van der Waals surface area contributed by atoms with Gasteiger partial charge in [-0.3, -0.25) is 14.9 Å². The molecule has 1 N–H and O–H groups in total. The van der Waals surface area contributed by atoms with Crippen LogP contribution in [0.2, 0.25) is 0 Å². The van der Waals surface area contributed by atoms with Gasteiger partial charge in [-0.2, -0.15) is 5.26 Å². The number of nitro groups is 1. The maximum absolute atomic E-state index is 12.4. The van der Waals surface area contributed by atoms with Crippen LogP contribution < -0.4 is 14.8 Å². The van der Waals surface area contributed by atoms with Gasteiger partial charge in [-0.15, -0.1) is 0 Å². The first-order valence-electron chi connectivity index (χ1n) is 8.36. The van der Waals surface area contributed by atoms with E-state index in [0.717, 1.165) is 18.1 Å². The van der Waals surface area contributed by atoms with Gasteiger partial charge in [-0.1, -0.05) is 19.1 Å². The Morgan fingerprint density at radius 1 is 1.21 bits per heavy atom. The van der Waals surface area contributed by atoms with Crippen molar-refractivity contribution in [3.63, 3.8) is 0 Å². The molecule has 28 heavy (non-hydrogen) atoms. The van der Waals surface area contributed by atoms with Crippen LogP contribution in [0.3, 0.4) is 0 Å². The van der Waals surface area contributed by atoms with Gasteiger partial charge in [-0.25, -0.2) is 0 Å². The van der Waals surface area contributed by atoms with Crippen molar-refractivity contribution in [1.82, 2.24) is 0 Å². The van der Waals surface area contributed by atoms with Crippen LogP contribution in [-0.2, 0) is 11.2 Å². The van der Waals surface area contributed by atoms with E-state index in [1.165, 1.54) is 26.4 Å². The van der Waals surface area contributed by atoms with E-state index in [0.29, 0.717) is 5.69 Å². The predicted octanol–water partition coefficient (Wildman–Crippen LogP) is 3.72. The number of methoxy groups -OCH3 is 2. The molecular formula is C20H19N3O5. The Balaban J connectivity index is 2.40. The standard InChI is InChI=1S/C20H19N3O5/c1-4-13-5-7-16(8-6-13)22-20(24)15(12-21)9-14-10-18(27-2)19(28-3)11-17(14)23(25)26/h5-11H,4H2,1-3H3,(H,22,24)/b15-9+. The van der Waals surface area contributed by atoms with Gasteiger partial charge in [0.05, 0.1) is 30.8 Å². The van der Waals surface area contributed by atoms with Crippen LogP contribution in [0.1, 0.15) is 18.1 Å². The van der Waals surface area contributed by atoms with Gasteiger partial charge in [0.15, 0.2) is 11.5 Å². The SMILES string of the molecule is CCc1ccc(NC(=O)/C(C#N)=C/c2cc(OC)c(OC)cc2[N+](=O)[O-])cc1. The van der Waals surface area contributed by atoms with E-state index >= 15 is 0 Å². The average Bonchev–Trinajstić information content (AvgIpc) is 2.71. The van der Waals surface area contributed by atoms with Gasteiger partial charge in [0.2, 0.25) is 0 Å². The molecule has 0 aliphatic carbocycles. The Labute approximate surface area is 162 Å². The number of hydrogen-bond donors (Lipinski definition) is 1. The lowest BCUT2D eigenvalue weighted by atomic mass is 10.1. The first-order valence-corrected chi connectivity index (χ1v) is 8.36. The monoisotopic (exact) mass is 381 g/mol. The van der Waals surface area contributed by atoms with Crippen LogP contribution in [0.25, 0.3) is 6.08 Å². The van der Waals surface area contributed by atoms with E-state index in [4.69, 9.17) is 9.47 Å². The van der Waals surface area contributed by atoms with Crippen molar-refractivity contribution in [1.29, 1.82) is 5.26 Å². The zero-order valence-electron chi connectivity index (χ0n) is 15.7. The highest BCUT2D eigenvalue weighted by molar-refractivity contribution is 6.10. The summed E-state index contributed by atoms with van der Waals surface area (Å²) in [5.74, 6) is -0.256. The highest BCUT2D eigenvalue weighted by Gasteiger charge is 2.20. The van der Waals surface area contributed by atoms with Crippen LogP contribution in [0.5, 0.6) is 11.5 Å². The number of benzene rings is 2. The van der Waals surface area contributed by atoms with Gasteiger partial charge < -0.3 is 14.8 Å². The summed E-state index contributed by atoms with van der Waals surface area (Å²) in [7, 11) is 2.74. The number of nitrogens with zero attached hydrogens (tertiary/aromatic N) is 2. The molecule has 0 atom stereocenters. The number of nitro benzene ring substituents is 1. The van der Waals surface area contributed by atoms with Crippen molar-refractivity contribution < 1.29 is 19.2 Å². The maximum Gasteiger partial charge on any atom is 0.280 e. The number of carbonyl (C=O) groups excluding carboxylic acids is 1. The second kappa shape index (κ2) is 9.19. The summed E-state index contributed by atoms with van der Waals surface area (Å²) < 4.78 is 10.2. The summed E-state index contributed by atoms with van der Waals surface area (Å²) in [5, 5.41) is 23.4. The second-order valence-corrected chi connectivity index (χ2v) is 5.70.